The Kier molecular flexibility index (Phi) is 5.92. The van der Waals surface area contributed by atoms with Crippen LogP contribution in [0, 0.1) is 5.92 Å². The fraction of sp³-hybridized carbons (Fsp3) is 0.643. The van der Waals surface area contributed by atoms with Gasteiger partial charge >= 0.3 is 5.97 Å². The summed E-state index contributed by atoms with van der Waals surface area (Å²) >= 11 is 0. The maximum atomic E-state index is 12.1. The minimum atomic E-state index is -3.67. The molecule has 2 rings (SSSR count). The molecule has 0 aromatic carbocycles. The van der Waals surface area contributed by atoms with Gasteiger partial charge in [0.15, 0.2) is 0 Å². The van der Waals surface area contributed by atoms with Gasteiger partial charge in [-0.15, -0.1) is 0 Å². The number of furan rings is 1. The van der Waals surface area contributed by atoms with E-state index in [9.17, 15) is 21.6 Å². The number of hydrogen-bond donors (Lipinski definition) is 0. The van der Waals surface area contributed by atoms with Gasteiger partial charge in [-0.1, -0.05) is 0 Å². The smallest absolute Gasteiger partial charge is 0.309 e. The summed E-state index contributed by atoms with van der Waals surface area (Å²) in [6.07, 6.45) is 1.93. The van der Waals surface area contributed by atoms with Crippen LogP contribution < -0.4 is 0 Å². The molecule has 1 aromatic heterocycles. The van der Waals surface area contributed by atoms with Crippen molar-refractivity contribution in [2.75, 3.05) is 33.4 Å². The second kappa shape index (κ2) is 7.44. The summed E-state index contributed by atoms with van der Waals surface area (Å²) in [7, 11) is -4.14. The molecular formula is C14H22N2O7S2. The molecule has 0 saturated carbocycles. The molecule has 1 aliphatic heterocycles. The molecule has 0 unspecified atom stereocenters. The first kappa shape index (κ1) is 19.9. The van der Waals surface area contributed by atoms with Gasteiger partial charge in [-0.05, 0) is 25.0 Å². The second-order valence-corrected chi connectivity index (χ2v) is 10.1. The molecular weight excluding hydrogens is 372 g/mol. The van der Waals surface area contributed by atoms with Crippen molar-refractivity contribution in [3.63, 3.8) is 0 Å². The second-order valence-electron chi connectivity index (χ2n) is 6.05. The summed E-state index contributed by atoms with van der Waals surface area (Å²) in [6, 6.07) is 2.75. The molecule has 0 N–H and O–H groups in total. The summed E-state index contributed by atoms with van der Waals surface area (Å²) in [6.45, 7) is 0.392. The molecule has 0 bridgehead atoms. The van der Waals surface area contributed by atoms with Gasteiger partial charge in [-0.3, -0.25) is 4.79 Å². The van der Waals surface area contributed by atoms with Gasteiger partial charge in [0, 0.05) is 27.2 Å². The molecule has 2 heterocycles. The van der Waals surface area contributed by atoms with Crippen LogP contribution >= 0.6 is 0 Å². The van der Waals surface area contributed by atoms with E-state index in [4.69, 9.17) is 9.15 Å². The van der Waals surface area contributed by atoms with Crippen LogP contribution in [0.1, 0.15) is 18.6 Å². The maximum absolute atomic E-state index is 12.1. The summed E-state index contributed by atoms with van der Waals surface area (Å²) in [5.41, 5.74) is 0. The first-order chi connectivity index (χ1) is 11.5. The number of carbonyl (C=O) groups is 1. The third-order valence-electron chi connectivity index (χ3n) is 3.98. The Morgan fingerprint density at radius 3 is 2.36 bits per heavy atom. The number of carbonyl (C=O) groups excluding carboxylic acids is 1. The van der Waals surface area contributed by atoms with Crippen LogP contribution in [0.2, 0.25) is 0 Å². The lowest BCUT2D eigenvalue weighted by Gasteiger charge is -2.28. The average Bonchev–Trinajstić information content (AvgIpc) is 3.01. The topological polar surface area (TPSA) is 114 Å². The van der Waals surface area contributed by atoms with Crippen molar-refractivity contribution in [2.45, 2.75) is 24.5 Å². The lowest BCUT2D eigenvalue weighted by Crippen LogP contribution is -2.40. The van der Waals surface area contributed by atoms with E-state index in [1.807, 2.05) is 0 Å². The number of rotatable bonds is 6. The van der Waals surface area contributed by atoms with Gasteiger partial charge < -0.3 is 9.15 Å². The van der Waals surface area contributed by atoms with E-state index in [1.54, 1.807) is 0 Å². The predicted molar refractivity (Wildman–Crippen MR) is 88.5 cm³/mol. The van der Waals surface area contributed by atoms with E-state index < -0.39 is 26.0 Å². The third-order valence-corrected chi connectivity index (χ3v) is 6.98. The molecule has 0 spiro atoms. The van der Waals surface area contributed by atoms with Gasteiger partial charge in [0.2, 0.25) is 15.1 Å². The summed E-state index contributed by atoms with van der Waals surface area (Å²) in [5, 5.41) is -0.218. The zero-order valence-corrected chi connectivity index (χ0v) is 16.0. The zero-order chi connectivity index (χ0) is 18.8. The Hall–Kier alpha value is -1.43. The third kappa shape index (κ3) is 4.81. The van der Waals surface area contributed by atoms with Crippen LogP contribution in [0.3, 0.4) is 0 Å². The van der Waals surface area contributed by atoms with E-state index in [0.29, 0.717) is 12.8 Å². The molecule has 0 radical (unpaired) electrons. The van der Waals surface area contributed by atoms with Gasteiger partial charge in [-0.25, -0.2) is 25.4 Å². The largest absolute Gasteiger partial charge is 0.457 e. The minimum absolute atomic E-state index is 0.173. The number of sulfonamides is 2. The van der Waals surface area contributed by atoms with Crippen molar-refractivity contribution >= 4 is 26.0 Å². The Labute approximate surface area is 147 Å². The number of ether oxygens (including phenoxy) is 1. The Bertz CT molecular complexity index is 819. The molecule has 0 atom stereocenters. The molecule has 0 amide bonds. The van der Waals surface area contributed by atoms with Crippen molar-refractivity contribution in [2.24, 2.45) is 5.92 Å². The maximum Gasteiger partial charge on any atom is 0.309 e. The monoisotopic (exact) mass is 394 g/mol. The molecule has 0 aliphatic carbocycles. The predicted octanol–water partition coefficient (Wildman–Crippen LogP) is 0.245. The van der Waals surface area contributed by atoms with Gasteiger partial charge in [0.25, 0.3) is 10.0 Å². The van der Waals surface area contributed by atoms with Crippen LogP contribution in [-0.4, -0.2) is 64.9 Å². The highest BCUT2D eigenvalue weighted by Crippen LogP contribution is 2.22. The number of hydrogen-bond acceptors (Lipinski definition) is 7. The van der Waals surface area contributed by atoms with E-state index in [1.165, 1.54) is 30.5 Å². The number of nitrogens with zero attached hydrogens (tertiary/aromatic N) is 2. The van der Waals surface area contributed by atoms with Crippen LogP contribution in [0.15, 0.2) is 21.6 Å². The highest BCUT2D eigenvalue weighted by atomic mass is 32.2. The Balaban J connectivity index is 1.88. The van der Waals surface area contributed by atoms with Gasteiger partial charge in [0.05, 0.1) is 12.2 Å². The fourth-order valence-electron chi connectivity index (χ4n) is 2.44. The number of esters is 1. The lowest BCUT2D eigenvalue weighted by molar-refractivity contribution is -0.151. The first-order valence-electron chi connectivity index (χ1n) is 7.65. The van der Waals surface area contributed by atoms with E-state index in [0.717, 1.165) is 10.6 Å². The van der Waals surface area contributed by atoms with Crippen LogP contribution in [0.25, 0.3) is 0 Å². The standard InChI is InChI=1S/C14H22N2O7S2/c1-15(2)25(20,21)13-5-4-12(23-13)10-22-14(17)11-6-8-16(9-7-11)24(3,18)19/h4-5,11H,6-10H2,1-3H3. The highest BCUT2D eigenvalue weighted by molar-refractivity contribution is 7.89. The molecule has 25 heavy (non-hydrogen) atoms. The SMILES string of the molecule is CN(C)S(=O)(=O)c1ccc(COC(=O)C2CCN(S(C)(=O)=O)CC2)o1. The molecule has 11 heteroatoms. The van der Waals surface area contributed by atoms with Crippen molar-refractivity contribution in [1.29, 1.82) is 0 Å². The lowest BCUT2D eigenvalue weighted by atomic mass is 9.98. The zero-order valence-electron chi connectivity index (χ0n) is 14.3. The minimum Gasteiger partial charge on any atom is -0.457 e. The van der Waals surface area contributed by atoms with Gasteiger partial charge in [-0.2, -0.15) is 0 Å². The average molecular weight is 394 g/mol. The molecule has 1 saturated heterocycles. The van der Waals surface area contributed by atoms with Crippen LogP contribution in [0.4, 0.5) is 0 Å². The van der Waals surface area contributed by atoms with E-state index in [-0.39, 0.29) is 36.5 Å². The Morgan fingerprint density at radius 1 is 1.24 bits per heavy atom. The van der Waals surface area contributed by atoms with Crippen molar-refractivity contribution < 1.29 is 30.8 Å². The van der Waals surface area contributed by atoms with Crippen molar-refractivity contribution in [1.82, 2.24) is 8.61 Å². The number of piperidine rings is 1. The van der Waals surface area contributed by atoms with Crippen molar-refractivity contribution in [3.05, 3.63) is 17.9 Å². The van der Waals surface area contributed by atoms with Gasteiger partial charge in [0.1, 0.15) is 12.4 Å². The molecule has 142 valence electrons. The highest BCUT2D eigenvalue weighted by Gasteiger charge is 2.30. The normalized spacial score (nSPS) is 17.8. The molecule has 1 fully saturated rings. The summed E-state index contributed by atoms with van der Waals surface area (Å²) in [5.74, 6) is -0.596. The molecule has 9 nitrogen and oxygen atoms in total. The summed E-state index contributed by atoms with van der Waals surface area (Å²) < 4.78 is 59.5. The Morgan fingerprint density at radius 2 is 1.84 bits per heavy atom. The summed E-state index contributed by atoms with van der Waals surface area (Å²) in [4.78, 5) is 12.1. The van der Waals surface area contributed by atoms with Crippen LogP contribution in [0.5, 0.6) is 0 Å². The fourth-order valence-corrected chi connectivity index (χ4v) is 4.12. The molecule has 1 aromatic rings. The van der Waals surface area contributed by atoms with Crippen LogP contribution in [-0.2, 0) is 36.2 Å². The van der Waals surface area contributed by atoms with E-state index in [2.05, 4.69) is 0 Å². The van der Waals surface area contributed by atoms with E-state index >= 15 is 0 Å². The first-order valence-corrected chi connectivity index (χ1v) is 10.9. The molecule has 1 aliphatic rings. The quantitative estimate of drug-likeness (QED) is 0.635. The van der Waals surface area contributed by atoms with Crippen molar-refractivity contribution in [3.8, 4) is 0 Å².